The summed E-state index contributed by atoms with van der Waals surface area (Å²) in [7, 11) is -5.85. The van der Waals surface area contributed by atoms with Gasteiger partial charge in [0.1, 0.15) is 12.4 Å². The minimum Gasteiger partial charge on any atom is -0.488 e. The van der Waals surface area contributed by atoms with Gasteiger partial charge in [0.2, 0.25) is 0 Å². The van der Waals surface area contributed by atoms with Gasteiger partial charge in [0.25, 0.3) is 0 Å². The Morgan fingerprint density at radius 3 is 2.50 bits per heavy atom. The molecule has 1 fully saturated rings. The first-order valence-electron chi connectivity index (χ1n) is 9.34. The Morgan fingerprint density at radius 2 is 1.89 bits per heavy atom. The first kappa shape index (κ1) is 21.2. The summed E-state index contributed by atoms with van der Waals surface area (Å²) in [5, 5.41) is 0. The minimum atomic E-state index is -5.85. The predicted molar refractivity (Wildman–Crippen MR) is 94.2 cm³/mol. The fourth-order valence-electron chi connectivity index (χ4n) is 4.02. The highest BCUT2D eigenvalue weighted by Crippen LogP contribution is 2.39. The number of hydrogen-bond donors (Lipinski definition) is 0. The van der Waals surface area contributed by atoms with Crippen molar-refractivity contribution in [2.45, 2.75) is 63.0 Å². The van der Waals surface area contributed by atoms with Crippen LogP contribution >= 0.6 is 0 Å². The van der Waals surface area contributed by atoms with Crippen molar-refractivity contribution in [3.63, 3.8) is 0 Å². The second kappa shape index (κ2) is 8.06. The lowest BCUT2D eigenvalue weighted by atomic mass is 9.98. The van der Waals surface area contributed by atoms with E-state index in [0.29, 0.717) is 6.04 Å². The van der Waals surface area contributed by atoms with Crippen molar-refractivity contribution in [3.05, 3.63) is 23.5 Å². The number of nitrogens with zero attached hydrogens (tertiary/aromatic N) is 1. The molecule has 158 valence electrons. The average molecular weight is 425 g/mol. The SMILES string of the molecule is CCCN(C1CCCC1)C1COc2c(F)ccc(OS(=O)(=O)C(F)(F)F)c2C1. The molecule has 0 N–H and O–H groups in total. The monoisotopic (exact) mass is 425 g/mol. The molecule has 0 aromatic heterocycles. The number of benzene rings is 1. The van der Waals surface area contributed by atoms with Gasteiger partial charge in [-0.25, -0.2) is 4.39 Å². The normalized spacial score (nSPS) is 20.9. The van der Waals surface area contributed by atoms with Gasteiger partial charge in [0.05, 0.1) is 0 Å². The molecule has 0 spiro atoms. The molecule has 1 atom stereocenters. The van der Waals surface area contributed by atoms with Crippen LogP contribution in [-0.2, 0) is 16.5 Å². The summed E-state index contributed by atoms with van der Waals surface area (Å²) in [6.45, 7) is 3.00. The summed E-state index contributed by atoms with van der Waals surface area (Å²) in [4.78, 5) is 2.25. The summed E-state index contributed by atoms with van der Waals surface area (Å²) in [6, 6.07) is 1.91. The van der Waals surface area contributed by atoms with E-state index in [1.807, 2.05) is 6.92 Å². The van der Waals surface area contributed by atoms with Crippen LogP contribution in [0.3, 0.4) is 0 Å². The van der Waals surface area contributed by atoms with E-state index in [1.165, 1.54) is 0 Å². The molecule has 5 nitrogen and oxygen atoms in total. The maximum absolute atomic E-state index is 14.1. The first-order valence-corrected chi connectivity index (χ1v) is 10.8. The van der Waals surface area contributed by atoms with E-state index in [2.05, 4.69) is 9.08 Å². The van der Waals surface area contributed by atoms with Gasteiger partial charge < -0.3 is 8.92 Å². The standard InChI is InChI=1S/C18H23F4NO4S/c1-2-9-23(12-5-3-4-6-12)13-10-14-16(27-28(24,25)18(20,21)22)8-7-15(19)17(14)26-11-13/h7-8,12-13H,2-6,9-11H2,1H3. The van der Waals surface area contributed by atoms with E-state index in [9.17, 15) is 26.0 Å². The van der Waals surface area contributed by atoms with Crippen molar-refractivity contribution in [2.24, 2.45) is 0 Å². The van der Waals surface area contributed by atoms with Crippen LogP contribution in [0, 0.1) is 5.82 Å². The molecular weight excluding hydrogens is 402 g/mol. The van der Waals surface area contributed by atoms with E-state index in [-0.39, 0.29) is 30.4 Å². The van der Waals surface area contributed by atoms with Crippen molar-refractivity contribution >= 4 is 10.1 Å². The highest BCUT2D eigenvalue weighted by Gasteiger charge is 2.49. The van der Waals surface area contributed by atoms with Crippen LogP contribution in [-0.4, -0.2) is 44.1 Å². The third-order valence-electron chi connectivity index (χ3n) is 5.26. The Kier molecular flexibility index (Phi) is 6.09. The number of alkyl halides is 3. The van der Waals surface area contributed by atoms with E-state index < -0.39 is 27.2 Å². The molecule has 1 aliphatic carbocycles. The zero-order valence-corrected chi connectivity index (χ0v) is 16.3. The Hall–Kier alpha value is -1.55. The van der Waals surface area contributed by atoms with Gasteiger partial charge in [-0.1, -0.05) is 19.8 Å². The topological polar surface area (TPSA) is 55.8 Å². The molecule has 1 aromatic carbocycles. The van der Waals surface area contributed by atoms with Crippen LogP contribution in [0.2, 0.25) is 0 Å². The molecule has 1 aliphatic heterocycles. The lowest BCUT2D eigenvalue weighted by Gasteiger charge is -2.39. The van der Waals surface area contributed by atoms with Gasteiger partial charge >= 0.3 is 15.6 Å². The molecule has 0 amide bonds. The van der Waals surface area contributed by atoms with Crippen LogP contribution in [0.25, 0.3) is 0 Å². The van der Waals surface area contributed by atoms with E-state index in [0.717, 1.165) is 50.8 Å². The second-order valence-corrected chi connectivity index (χ2v) is 8.72. The van der Waals surface area contributed by atoms with Crippen LogP contribution in [0.15, 0.2) is 12.1 Å². The molecule has 0 radical (unpaired) electrons. The largest absolute Gasteiger partial charge is 0.534 e. The number of halogens is 4. The van der Waals surface area contributed by atoms with E-state index in [1.54, 1.807) is 0 Å². The molecule has 1 unspecified atom stereocenters. The summed E-state index contributed by atoms with van der Waals surface area (Å²) < 4.78 is 85.0. The summed E-state index contributed by atoms with van der Waals surface area (Å²) in [5.74, 6) is -1.54. The maximum atomic E-state index is 14.1. The van der Waals surface area contributed by atoms with Gasteiger partial charge in [-0.05, 0) is 44.4 Å². The minimum absolute atomic E-state index is 0.0168. The van der Waals surface area contributed by atoms with Crippen LogP contribution in [0.5, 0.6) is 11.5 Å². The van der Waals surface area contributed by atoms with Gasteiger partial charge in [-0.2, -0.15) is 21.6 Å². The molecular formula is C18H23F4NO4S. The fourth-order valence-corrected chi connectivity index (χ4v) is 4.51. The molecule has 0 bridgehead atoms. The zero-order chi connectivity index (χ0) is 20.5. The lowest BCUT2D eigenvalue weighted by molar-refractivity contribution is -0.0500. The van der Waals surface area contributed by atoms with Crippen molar-refractivity contribution < 1.29 is 34.9 Å². The maximum Gasteiger partial charge on any atom is 0.534 e. The Balaban J connectivity index is 1.91. The zero-order valence-electron chi connectivity index (χ0n) is 15.5. The average Bonchev–Trinajstić information content (AvgIpc) is 3.15. The molecule has 3 rings (SSSR count). The van der Waals surface area contributed by atoms with Crippen LogP contribution in [0.4, 0.5) is 17.6 Å². The Labute approximate surface area is 161 Å². The van der Waals surface area contributed by atoms with Gasteiger partial charge in [0, 0.05) is 17.6 Å². The van der Waals surface area contributed by atoms with Crippen LogP contribution in [0.1, 0.15) is 44.6 Å². The first-order chi connectivity index (χ1) is 13.1. The number of hydrogen-bond acceptors (Lipinski definition) is 5. The third-order valence-corrected chi connectivity index (χ3v) is 6.22. The number of rotatable bonds is 6. The summed E-state index contributed by atoms with van der Waals surface area (Å²) >= 11 is 0. The van der Waals surface area contributed by atoms with Crippen molar-refractivity contribution in [3.8, 4) is 11.5 Å². The molecule has 28 heavy (non-hydrogen) atoms. The smallest absolute Gasteiger partial charge is 0.488 e. The van der Waals surface area contributed by atoms with Crippen molar-refractivity contribution in [1.82, 2.24) is 4.90 Å². The van der Waals surface area contributed by atoms with E-state index >= 15 is 0 Å². The molecule has 1 heterocycles. The third kappa shape index (κ3) is 4.22. The molecule has 1 saturated carbocycles. The predicted octanol–water partition coefficient (Wildman–Crippen LogP) is 4.01. The van der Waals surface area contributed by atoms with Gasteiger partial charge in [-0.3, -0.25) is 4.90 Å². The van der Waals surface area contributed by atoms with Crippen molar-refractivity contribution in [2.75, 3.05) is 13.2 Å². The summed E-state index contributed by atoms with van der Waals surface area (Å²) in [5.41, 5.74) is -5.55. The highest BCUT2D eigenvalue weighted by atomic mass is 32.2. The lowest BCUT2D eigenvalue weighted by Crippen LogP contribution is -2.48. The second-order valence-electron chi connectivity index (χ2n) is 7.18. The van der Waals surface area contributed by atoms with Crippen molar-refractivity contribution in [1.29, 1.82) is 0 Å². The van der Waals surface area contributed by atoms with E-state index in [4.69, 9.17) is 4.74 Å². The molecule has 10 heteroatoms. The number of fused-ring (bicyclic) bond motifs is 1. The molecule has 1 aromatic rings. The fraction of sp³-hybridized carbons (Fsp3) is 0.667. The summed E-state index contributed by atoms with van der Waals surface area (Å²) in [6.07, 6.45) is 5.32. The quantitative estimate of drug-likeness (QED) is 0.392. The highest BCUT2D eigenvalue weighted by molar-refractivity contribution is 7.88. The van der Waals surface area contributed by atoms with Gasteiger partial charge in [0.15, 0.2) is 11.6 Å². The molecule has 2 aliphatic rings. The molecule has 0 saturated heterocycles. The van der Waals surface area contributed by atoms with Gasteiger partial charge in [-0.15, -0.1) is 0 Å². The Morgan fingerprint density at radius 1 is 1.21 bits per heavy atom. The number of ether oxygens (including phenoxy) is 1. The Bertz CT molecular complexity index is 807. The van der Waals surface area contributed by atoms with Crippen LogP contribution < -0.4 is 8.92 Å².